The van der Waals surface area contributed by atoms with Gasteiger partial charge in [-0.15, -0.1) is 0 Å². The molecule has 0 bridgehead atoms. The smallest absolute Gasteiger partial charge is 0.216 e. The SMILES string of the molecule is CC[C@@H](NS(=O)(=O)Cc1cccc(Cl)c1)c1ccc(OC)c(C)c1. The highest BCUT2D eigenvalue weighted by molar-refractivity contribution is 7.88. The summed E-state index contributed by atoms with van der Waals surface area (Å²) in [5.74, 6) is 0.689. The Morgan fingerprint density at radius 2 is 1.96 bits per heavy atom. The second-order valence-corrected chi connectivity index (χ2v) is 7.89. The van der Waals surface area contributed by atoms with Gasteiger partial charge in [-0.2, -0.15) is 0 Å². The minimum absolute atomic E-state index is 0.0980. The van der Waals surface area contributed by atoms with Crippen molar-refractivity contribution in [2.24, 2.45) is 0 Å². The summed E-state index contributed by atoms with van der Waals surface area (Å²) in [7, 11) is -1.86. The van der Waals surface area contributed by atoms with Gasteiger partial charge >= 0.3 is 0 Å². The molecule has 130 valence electrons. The molecule has 0 saturated heterocycles. The molecule has 0 fully saturated rings. The summed E-state index contributed by atoms with van der Waals surface area (Å²) in [4.78, 5) is 0. The first-order valence-electron chi connectivity index (χ1n) is 7.73. The molecule has 4 nitrogen and oxygen atoms in total. The van der Waals surface area contributed by atoms with Crippen molar-refractivity contribution in [1.82, 2.24) is 4.72 Å². The van der Waals surface area contributed by atoms with Crippen LogP contribution in [0.1, 0.15) is 36.1 Å². The molecule has 2 aromatic rings. The van der Waals surface area contributed by atoms with Gasteiger partial charge in [0.15, 0.2) is 0 Å². The van der Waals surface area contributed by atoms with Crippen LogP contribution in [0.3, 0.4) is 0 Å². The fraction of sp³-hybridized carbons (Fsp3) is 0.333. The number of hydrogen-bond acceptors (Lipinski definition) is 3. The molecular weight excluding hydrogens is 346 g/mol. The molecule has 1 N–H and O–H groups in total. The van der Waals surface area contributed by atoms with Gasteiger partial charge in [0, 0.05) is 11.1 Å². The highest BCUT2D eigenvalue weighted by Gasteiger charge is 2.19. The predicted octanol–water partition coefficient (Wildman–Crippen LogP) is 4.23. The number of hydrogen-bond donors (Lipinski definition) is 1. The average molecular weight is 368 g/mol. The molecule has 0 saturated carbocycles. The van der Waals surface area contributed by atoms with E-state index in [0.29, 0.717) is 17.0 Å². The second-order valence-electron chi connectivity index (χ2n) is 5.70. The number of rotatable bonds is 7. The van der Waals surface area contributed by atoms with Crippen LogP contribution >= 0.6 is 11.6 Å². The van der Waals surface area contributed by atoms with Gasteiger partial charge in [0.2, 0.25) is 10.0 Å². The van der Waals surface area contributed by atoms with E-state index in [1.54, 1.807) is 31.4 Å². The van der Waals surface area contributed by atoms with Crippen LogP contribution in [0.25, 0.3) is 0 Å². The van der Waals surface area contributed by atoms with Gasteiger partial charge in [-0.1, -0.05) is 42.8 Å². The topological polar surface area (TPSA) is 55.4 Å². The molecule has 6 heteroatoms. The fourth-order valence-electron chi connectivity index (χ4n) is 2.61. The third-order valence-corrected chi connectivity index (χ3v) is 5.39. The molecule has 24 heavy (non-hydrogen) atoms. The van der Waals surface area contributed by atoms with Gasteiger partial charge < -0.3 is 4.74 Å². The molecule has 0 aromatic heterocycles. The van der Waals surface area contributed by atoms with E-state index in [-0.39, 0.29) is 11.8 Å². The Morgan fingerprint density at radius 3 is 2.54 bits per heavy atom. The van der Waals surface area contributed by atoms with E-state index in [2.05, 4.69) is 4.72 Å². The van der Waals surface area contributed by atoms with Crippen molar-refractivity contribution in [2.75, 3.05) is 7.11 Å². The monoisotopic (exact) mass is 367 g/mol. The Kier molecular flexibility index (Phi) is 6.27. The zero-order chi connectivity index (χ0) is 17.7. The Bertz CT molecular complexity index is 806. The van der Waals surface area contributed by atoms with Crippen molar-refractivity contribution in [2.45, 2.75) is 32.1 Å². The molecule has 0 spiro atoms. The zero-order valence-corrected chi connectivity index (χ0v) is 15.6. The Labute approximate surface area is 148 Å². The van der Waals surface area contributed by atoms with Crippen molar-refractivity contribution in [1.29, 1.82) is 0 Å². The largest absolute Gasteiger partial charge is 0.496 e. The second kappa shape index (κ2) is 8.01. The lowest BCUT2D eigenvalue weighted by Crippen LogP contribution is -2.29. The fourth-order valence-corrected chi connectivity index (χ4v) is 4.26. The molecule has 0 aliphatic heterocycles. The van der Waals surface area contributed by atoms with E-state index in [0.717, 1.165) is 16.9 Å². The lowest BCUT2D eigenvalue weighted by atomic mass is 10.0. The molecule has 2 rings (SSSR count). The van der Waals surface area contributed by atoms with Crippen molar-refractivity contribution < 1.29 is 13.2 Å². The van der Waals surface area contributed by atoms with E-state index in [1.165, 1.54) is 0 Å². The maximum absolute atomic E-state index is 12.5. The lowest BCUT2D eigenvalue weighted by Gasteiger charge is -2.19. The number of nitrogens with one attached hydrogen (secondary N) is 1. The highest BCUT2D eigenvalue weighted by Crippen LogP contribution is 2.25. The molecule has 0 unspecified atom stereocenters. The summed E-state index contributed by atoms with van der Waals surface area (Å²) in [6.45, 7) is 3.89. The Balaban J connectivity index is 2.18. The minimum Gasteiger partial charge on any atom is -0.496 e. The first-order valence-corrected chi connectivity index (χ1v) is 9.76. The minimum atomic E-state index is -3.48. The molecule has 0 aliphatic carbocycles. The summed E-state index contributed by atoms with van der Waals surface area (Å²) in [5.41, 5.74) is 2.56. The quantitative estimate of drug-likeness (QED) is 0.796. The summed E-state index contributed by atoms with van der Waals surface area (Å²) >= 11 is 5.92. The van der Waals surface area contributed by atoms with Crippen LogP contribution in [-0.4, -0.2) is 15.5 Å². The molecule has 0 heterocycles. The molecule has 0 aliphatic rings. The maximum Gasteiger partial charge on any atom is 0.216 e. The molecular formula is C18H22ClNO3S. The van der Waals surface area contributed by atoms with E-state index in [4.69, 9.17) is 16.3 Å². The van der Waals surface area contributed by atoms with Crippen molar-refractivity contribution >= 4 is 21.6 Å². The summed E-state index contributed by atoms with van der Waals surface area (Å²) in [6, 6.07) is 12.3. The Hall–Kier alpha value is -1.56. The number of ether oxygens (including phenoxy) is 1. The molecule has 0 radical (unpaired) electrons. The van der Waals surface area contributed by atoms with E-state index < -0.39 is 10.0 Å². The Morgan fingerprint density at radius 1 is 1.21 bits per heavy atom. The van der Waals surface area contributed by atoms with Crippen LogP contribution in [0, 0.1) is 6.92 Å². The molecule has 0 amide bonds. The number of aryl methyl sites for hydroxylation is 1. The maximum atomic E-state index is 12.5. The normalized spacial score (nSPS) is 12.8. The van der Waals surface area contributed by atoms with Gasteiger partial charge in [0.25, 0.3) is 0 Å². The van der Waals surface area contributed by atoms with Gasteiger partial charge in [0.1, 0.15) is 5.75 Å². The lowest BCUT2D eigenvalue weighted by molar-refractivity contribution is 0.411. The van der Waals surface area contributed by atoms with Gasteiger partial charge in [-0.3, -0.25) is 0 Å². The first kappa shape index (κ1) is 18.8. The number of sulfonamides is 1. The number of halogens is 1. The summed E-state index contributed by atoms with van der Waals surface area (Å²) in [6.07, 6.45) is 0.653. The van der Waals surface area contributed by atoms with E-state index in [9.17, 15) is 8.42 Å². The molecule has 1 atom stereocenters. The third-order valence-electron chi connectivity index (χ3n) is 3.80. The summed E-state index contributed by atoms with van der Waals surface area (Å²) < 4.78 is 33.0. The van der Waals surface area contributed by atoms with Crippen molar-refractivity contribution in [3.63, 3.8) is 0 Å². The van der Waals surface area contributed by atoms with Crippen molar-refractivity contribution in [3.8, 4) is 5.75 Å². The summed E-state index contributed by atoms with van der Waals surface area (Å²) in [5, 5.41) is 0.528. The van der Waals surface area contributed by atoms with Gasteiger partial charge in [-0.05, 0) is 48.2 Å². The first-order chi connectivity index (χ1) is 11.3. The van der Waals surface area contributed by atoms with Crippen LogP contribution in [0.5, 0.6) is 5.75 Å². The van der Waals surface area contributed by atoms with Gasteiger partial charge in [-0.25, -0.2) is 13.1 Å². The van der Waals surface area contributed by atoms with Crippen molar-refractivity contribution in [3.05, 3.63) is 64.2 Å². The average Bonchev–Trinajstić information content (AvgIpc) is 2.52. The highest BCUT2D eigenvalue weighted by atomic mass is 35.5. The van der Waals surface area contributed by atoms with E-state index in [1.807, 2.05) is 32.0 Å². The third kappa shape index (κ3) is 4.97. The number of methoxy groups -OCH3 is 1. The zero-order valence-electron chi connectivity index (χ0n) is 14.0. The van der Waals surface area contributed by atoms with Gasteiger partial charge in [0.05, 0.1) is 12.9 Å². The number of benzene rings is 2. The van der Waals surface area contributed by atoms with E-state index >= 15 is 0 Å². The predicted molar refractivity (Wildman–Crippen MR) is 98.0 cm³/mol. The van der Waals surface area contributed by atoms with Crippen LogP contribution in [0.4, 0.5) is 0 Å². The van der Waals surface area contributed by atoms with Crippen LogP contribution in [-0.2, 0) is 15.8 Å². The molecule has 2 aromatic carbocycles. The standard InChI is InChI=1S/C18H22ClNO3S/c1-4-17(15-8-9-18(23-3)13(2)10-15)20-24(21,22)12-14-6-5-7-16(19)11-14/h5-11,17,20H,4,12H2,1-3H3/t17-/m1/s1. The van der Waals surface area contributed by atoms with Crippen LogP contribution in [0.2, 0.25) is 5.02 Å². The van der Waals surface area contributed by atoms with Crippen LogP contribution < -0.4 is 9.46 Å². The van der Waals surface area contributed by atoms with Crippen LogP contribution in [0.15, 0.2) is 42.5 Å².